The third kappa shape index (κ3) is 4.17. The number of halogens is 3. The molecule has 0 spiro atoms. The standard InChI is InChI=1S/C18H25F3N4O2/c1-11-15(24-14(26)10-17(6-7-17)18(19,20)21)12(2)23-16(22-11)25-8-4-13(27-3)5-9-25/h13H,4-10H2,1-3H3,(H,24,26). The van der Waals surface area contributed by atoms with Gasteiger partial charge in [0.1, 0.15) is 0 Å². The number of nitrogens with one attached hydrogen (secondary N) is 1. The van der Waals surface area contributed by atoms with Crippen LogP contribution < -0.4 is 10.2 Å². The van der Waals surface area contributed by atoms with Gasteiger partial charge in [-0.1, -0.05) is 0 Å². The lowest BCUT2D eigenvalue weighted by Crippen LogP contribution is -2.38. The van der Waals surface area contributed by atoms with Gasteiger partial charge in [-0.3, -0.25) is 4.79 Å². The molecule has 2 heterocycles. The molecule has 1 aromatic rings. The fourth-order valence-electron chi connectivity index (χ4n) is 3.51. The Bertz CT molecular complexity index is 688. The molecule has 0 radical (unpaired) electrons. The van der Waals surface area contributed by atoms with Gasteiger partial charge < -0.3 is 15.0 Å². The van der Waals surface area contributed by atoms with E-state index in [-0.39, 0.29) is 18.9 Å². The van der Waals surface area contributed by atoms with Crippen molar-refractivity contribution in [2.45, 2.75) is 58.2 Å². The Morgan fingerprint density at radius 1 is 1.22 bits per heavy atom. The fraction of sp³-hybridized carbons (Fsp3) is 0.722. The van der Waals surface area contributed by atoms with Crippen LogP contribution >= 0.6 is 0 Å². The zero-order valence-electron chi connectivity index (χ0n) is 15.8. The molecule has 1 aliphatic heterocycles. The van der Waals surface area contributed by atoms with E-state index in [1.165, 1.54) is 0 Å². The Balaban J connectivity index is 1.68. The van der Waals surface area contributed by atoms with Gasteiger partial charge in [-0.25, -0.2) is 9.97 Å². The Morgan fingerprint density at radius 2 is 1.78 bits per heavy atom. The zero-order chi connectivity index (χ0) is 19.8. The summed E-state index contributed by atoms with van der Waals surface area (Å²) in [5.41, 5.74) is -0.354. The van der Waals surface area contributed by atoms with Crippen LogP contribution in [0.2, 0.25) is 0 Å². The third-order valence-corrected chi connectivity index (χ3v) is 5.54. The molecule has 2 fully saturated rings. The summed E-state index contributed by atoms with van der Waals surface area (Å²) in [6.45, 7) is 5.01. The average molecular weight is 386 g/mol. The average Bonchev–Trinajstić information content (AvgIpc) is 3.38. The smallest absolute Gasteiger partial charge is 0.381 e. The van der Waals surface area contributed by atoms with E-state index in [9.17, 15) is 18.0 Å². The van der Waals surface area contributed by atoms with Crippen LogP contribution in [0.5, 0.6) is 0 Å². The number of methoxy groups -OCH3 is 1. The molecule has 150 valence electrons. The van der Waals surface area contributed by atoms with Crippen LogP contribution in [-0.4, -0.2) is 48.4 Å². The van der Waals surface area contributed by atoms with Crippen molar-refractivity contribution in [2.24, 2.45) is 5.41 Å². The maximum atomic E-state index is 13.0. The SMILES string of the molecule is COC1CCN(c2nc(C)c(NC(=O)CC3(C(F)(F)F)CC3)c(C)n2)CC1. The topological polar surface area (TPSA) is 67.3 Å². The summed E-state index contributed by atoms with van der Waals surface area (Å²) in [6.07, 6.45) is -2.87. The molecule has 1 aliphatic carbocycles. The Labute approximate surface area is 156 Å². The van der Waals surface area contributed by atoms with Gasteiger partial charge in [-0.05, 0) is 39.5 Å². The Kier molecular flexibility index (Phi) is 5.33. The highest BCUT2D eigenvalue weighted by atomic mass is 19.4. The van der Waals surface area contributed by atoms with Gasteiger partial charge in [0.15, 0.2) is 0 Å². The lowest BCUT2D eigenvalue weighted by atomic mass is 10.0. The molecule has 9 heteroatoms. The summed E-state index contributed by atoms with van der Waals surface area (Å²) in [6, 6.07) is 0. The minimum Gasteiger partial charge on any atom is -0.381 e. The first-order chi connectivity index (χ1) is 12.6. The first-order valence-electron chi connectivity index (χ1n) is 9.15. The molecule has 0 unspecified atom stereocenters. The lowest BCUT2D eigenvalue weighted by molar-refractivity contribution is -0.189. The number of nitrogens with zero attached hydrogens (tertiary/aromatic N) is 3. The Hall–Kier alpha value is -1.90. The number of hydrogen-bond acceptors (Lipinski definition) is 5. The molecule has 1 amide bonds. The summed E-state index contributed by atoms with van der Waals surface area (Å²) >= 11 is 0. The number of ether oxygens (including phenoxy) is 1. The molecule has 6 nitrogen and oxygen atoms in total. The number of hydrogen-bond donors (Lipinski definition) is 1. The second-order valence-electron chi connectivity index (χ2n) is 7.49. The molecule has 1 aromatic heterocycles. The van der Waals surface area contributed by atoms with Crippen molar-refractivity contribution >= 4 is 17.5 Å². The molecular weight excluding hydrogens is 361 g/mol. The van der Waals surface area contributed by atoms with Crippen molar-refractivity contribution in [1.82, 2.24) is 9.97 Å². The van der Waals surface area contributed by atoms with Gasteiger partial charge in [0, 0.05) is 26.6 Å². The van der Waals surface area contributed by atoms with Gasteiger partial charge in [-0.2, -0.15) is 13.2 Å². The summed E-state index contributed by atoms with van der Waals surface area (Å²) in [5.74, 6) is -0.0696. The van der Waals surface area contributed by atoms with Crippen LogP contribution in [0.3, 0.4) is 0 Å². The zero-order valence-corrected chi connectivity index (χ0v) is 15.8. The van der Waals surface area contributed by atoms with Crippen molar-refractivity contribution in [3.8, 4) is 0 Å². The Morgan fingerprint density at radius 3 is 2.22 bits per heavy atom. The summed E-state index contributed by atoms with van der Waals surface area (Å²) in [7, 11) is 1.70. The van der Waals surface area contributed by atoms with Gasteiger partial charge in [0.2, 0.25) is 11.9 Å². The number of aromatic nitrogens is 2. The van der Waals surface area contributed by atoms with Crippen molar-refractivity contribution in [2.75, 3.05) is 30.4 Å². The number of carbonyl (C=O) groups is 1. The molecule has 0 atom stereocenters. The maximum Gasteiger partial charge on any atom is 0.395 e. The van der Waals surface area contributed by atoms with Crippen molar-refractivity contribution < 1.29 is 22.7 Å². The van der Waals surface area contributed by atoms with E-state index < -0.39 is 23.9 Å². The van der Waals surface area contributed by atoms with Crippen LogP contribution in [0.1, 0.15) is 43.5 Å². The largest absolute Gasteiger partial charge is 0.395 e. The van der Waals surface area contributed by atoms with E-state index in [0.717, 1.165) is 25.9 Å². The first-order valence-corrected chi connectivity index (χ1v) is 9.15. The van der Waals surface area contributed by atoms with E-state index in [0.29, 0.717) is 23.0 Å². The molecule has 1 saturated heterocycles. The van der Waals surface area contributed by atoms with Crippen LogP contribution in [-0.2, 0) is 9.53 Å². The highest BCUT2D eigenvalue weighted by molar-refractivity contribution is 5.92. The highest BCUT2D eigenvalue weighted by Crippen LogP contribution is 2.60. The number of piperidine rings is 1. The van der Waals surface area contributed by atoms with E-state index >= 15 is 0 Å². The molecule has 1 N–H and O–H groups in total. The third-order valence-electron chi connectivity index (χ3n) is 5.54. The molecule has 0 aromatic carbocycles. The predicted molar refractivity (Wildman–Crippen MR) is 94.7 cm³/mol. The fourth-order valence-corrected chi connectivity index (χ4v) is 3.51. The van der Waals surface area contributed by atoms with Crippen LogP contribution in [0.15, 0.2) is 0 Å². The van der Waals surface area contributed by atoms with Crippen molar-refractivity contribution in [1.29, 1.82) is 0 Å². The van der Waals surface area contributed by atoms with Crippen LogP contribution in [0, 0.1) is 19.3 Å². The van der Waals surface area contributed by atoms with Crippen LogP contribution in [0.25, 0.3) is 0 Å². The first kappa shape index (κ1) is 19.9. The van der Waals surface area contributed by atoms with E-state index in [4.69, 9.17) is 4.74 Å². The highest BCUT2D eigenvalue weighted by Gasteiger charge is 2.63. The second-order valence-corrected chi connectivity index (χ2v) is 7.49. The lowest BCUT2D eigenvalue weighted by Gasteiger charge is -2.31. The molecule has 2 aliphatic rings. The number of alkyl halides is 3. The van der Waals surface area contributed by atoms with Gasteiger partial charge >= 0.3 is 6.18 Å². The number of rotatable bonds is 5. The maximum absolute atomic E-state index is 13.0. The summed E-state index contributed by atoms with van der Waals surface area (Å²) < 4.78 is 44.5. The number of aryl methyl sites for hydroxylation is 2. The quantitative estimate of drug-likeness (QED) is 0.840. The summed E-state index contributed by atoms with van der Waals surface area (Å²) in [5, 5.41) is 2.59. The molecule has 3 rings (SSSR count). The second kappa shape index (κ2) is 7.26. The van der Waals surface area contributed by atoms with Crippen molar-refractivity contribution in [3.63, 3.8) is 0 Å². The molecule has 1 saturated carbocycles. The minimum absolute atomic E-state index is 0.00868. The molecular formula is C18H25F3N4O2. The molecule has 27 heavy (non-hydrogen) atoms. The van der Waals surface area contributed by atoms with Crippen LogP contribution in [0.4, 0.5) is 24.8 Å². The monoisotopic (exact) mass is 386 g/mol. The predicted octanol–water partition coefficient (Wildman–Crippen LogP) is 3.38. The van der Waals surface area contributed by atoms with E-state index in [1.807, 2.05) is 0 Å². The van der Waals surface area contributed by atoms with E-state index in [1.54, 1.807) is 21.0 Å². The summed E-state index contributed by atoms with van der Waals surface area (Å²) in [4.78, 5) is 23.2. The number of amides is 1. The van der Waals surface area contributed by atoms with Crippen molar-refractivity contribution in [3.05, 3.63) is 11.4 Å². The van der Waals surface area contributed by atoms with Gasteiger partial charge in [-0.15, -0.1) is 0 Å². The van der Waals surface area contributed by atoms with E-state index in [2.05, 4.69) is 20.2 Å². The normalized spacial score (nSPS) is 19.9. The minimum atomic E-state index is -4.34. The number of carbonyl (C=O) groups excluding carboxylic acids is 1. The number of anilines is 2. The van der Waals surface area contributed by atoms with Gasteiger partial charge in [0.25, 0.3) is 0 Å². The van der Waals surface area contributed by atoms with Gasteiger partial charge in [0.05, 0.1) is 28.6 Å². The molecule has 0 bridgehead atoms.